The standard InChI is InChI=1S/C15H18N2O2/c1-16-7-5-13(6-8-16)17-9-4-11-2-3-12(15(18)19)10-14(11)17/h2-4,9-10,13H,5-8H2,1H3,(H,18,19). The van der Waals surface area contributed by atoms with Gasteiger partial charge in [-0.15, -0.1) is 0 Å². The second-order valence-electron chi connectivity index (χ2n) is 5.34. The topological polar surface area (TPSA) is 45.5 Å². The van der Waals surface area contributed by atoms with Crippen molar-refractivity contribution in [2.24, 2.45) is 0 Å². The Morgan fingerprint density at radius 1 is 1.26 bits per heavy atom. The number of fused-ring (bicyclic) bond motifs is 1. The predicted molar refractivity (Wildman–Crippen MR) is 74.7 cm³/mol. The number of aromatic carboxylic acids is 1. The number of carbonyl (C=O) groups is 1. The van der Waals surface area contributed by atoms with Gasteiger partial charge in [-0.2, -0.15) is 0 Å². The first-order valence-corrected chi connectivity index (χ1v) is 6.67. The van der Waals surface area contributed by atoms with E-state index in [9.17, 15) is 4.79 Å². The summed E-state index contributed by atoms with van der Waals surface area (Å²) in [4.78, 5) is 13.4. The number of nitrogens with zero attached hydrogens (tertiary/aromatic N) is 2. The Bertz CT molecular complexity index is 610. The van der Waals surface area contributed by atoms with Crippen LogP contribution < -0.4 is 0 Å². The van der Waals surface area contributed by atoms with Gasteiger partial charge in [0.25, 0.3) is 0 Å². The number of carboxylic acids is 1. The highest BCUT2D eigenvalue weighted by molar-refractivity contribution is 5.93. The Labute approximate surface area is 112 Å². The molecule has 0 spiro atoms. The van der Waals surface area contributed by atoms with E-state index in [1.807, 2.05) is 6.07 Å². The van der Waals surface area contributed by atoms with Gasteiger partial charge < -0.3 is 14.6 Å². The largest absolute Gasteiger partial charge is 0.478 e. The molecule has 4 nitrogen and oxygen atoms in total. The van der Waals surface area contributed by atoms with Gasteiger partial charge >= 0.3 is 5.97 Å². The van der Waals surface area contributed by atoms with Crippen LogP contribution in [0.5, 0.6) is 0 Å². The Morgan fingerprint density at radius 3 is 2.68 bits per heavy atom. The summed E-state index contributed by atoms with van der Waals surface area (Å²) in [6.45, 7) is 2.20. The maximum Gasteiger partial charge on any atom is 0.335 e. The molecule has 1 saturated heterocycles. The Hall–Kier alpha value is -1.81. The van der Waals surface area contributed by atoms with Crippen LogP contribution in [0.15, 0.2) is 30.5 Å². The maximum absolute atomic E-state index is 11.1. The molecule has 0 saturated carbocycles. The van der Waals surface area contributed by atoms with E-state index in [0.717, 1.165) is 36.8 Å². The van der Waals surface area contributed by atoms with Crippen LogP contribution in [-0.2, 0) is 0 Å². The molecular weight excluding hydrogens is 240 g/mol. The third-order valence-corrected chi connectivity index (χ3v) is 4.05. The monoisotopic (exact) mass is 258 g/mol. The van der Waals surface area contributed by atoms with E-state index in [4.69, 9.17) is 5.11 Å². The van der Waals surface area contributed by atoms with Crippen LogP contribution in [0.2, 0.25) is 0 Å². The van der Waals surface area contributed by atoms with Crippen LogP contribution in [0.3, 0.4) is 0 Å². The summed E-state index contributed by atoms with van der Waals surface area (Å²) in [7, 11) is 2.15. The van der Waals surface area contributed by atoms with Gasteiger partial charge in [-0.05, 0) is 56.6 Å². The number of carboxylic acid groups (broad SMARTS) is 1. The zero-order valence-corrected chi connectivity index (χ0v) is 11.0. The molecule has 1 aliphatic rings. The molecule has 1 aromatic heterocycles. The van der Waals surface area contributed by atoms with Gasteiger partial charge in [0.1, 0.15) is 0 Å². The molecule has 1 fully saturated rings. The predicted octanol–water partition coefficient (Wildman–Crippen LogP) is 2.61. The fourth-order valence-electron chi connectivity index (χ4n) is 2.87. The van der Waals surface area contributed by atoms with E-state index in [2.05, 4.69) is 28.8 Å². The lowest BCUT2D eigenvalue weighted by molar-refractivity contribution is 0.0697. The molecule has 2 heterocycles. The van der Waals surface area contributed by atoms with Crippen molar-refractivity contribution in [3.8, 4) is 0 Å². The van der Waals surface area contributed by atoms with E-state index in [0.29, 0.717) is 11.6 Å². The lowest BCUT2D eigenvalue weighted by Crippen LogP contribution is -2.31. The fraction of sp³-hybridized carbons (Fsp3) is 0.400. The van der Waals surface area contributed by atoms with Gasteiger partial charge in [-0.1, -0.05) is 6.07 Å². The van der Waals surface area contributed by atoms with Crippen molar-refractivity contribution >= 4 is 16.9 Å². The number of likely N-dealkylation sites (tertiary alicyclic amines) is 1. The number of piperidine rings is 1. The average Bonchev–Trinajstić information content (AvgIpc) is 2.82. The van der Waals surface area contributed by atoms with Crippen molar-refractivity contribution in [2.75, 3.05) is 20.1 Å². The summed E-state index contributed by atoms with van der Waals surface area (Å²) in [5.41, 5.74) is 1.40. The minimum Gasteiger partial charge on any atom is -0.478 e. The molecule has 0 atom stereocenters. The molecule has 0 radical (unpaired) electrons. The first-order valence-electron chi connectivity index (χ1n) is 6.67. The third-order valence-electron chi connectivity index (χ3n) is 4.05. The second-order valence-corrected chi connectivity index (χ2v) is 5.34. The number of aromatic nitrogens is 1. The summed E-state index contributed by atoms with van der Waals surface area (Å²) >= 11 is 0. The van der Waals surface area contributed by atoms with E-state index in [1.54, 1.807) is 12.1 Å². The molecule has 4 heteroatoms. The molecule has 0 aliphatic carbocycles. The van der Waals surface area contributed by atoms with Crippen LogP contribution in [-0.4, -0.2) is 40.7 Å². The van der Waals surface area contributed by atoms with Crippen LogP contribution in [0.1, 0.15) is 29.2 Å². The first kappa shape index (κ1) is 12.2. The zero-order valence-electron chi connectivity index (χ0n) is 11.0. The number of hydrogen-bond acceptors (Lipinski definition) is 2. The highest BCUT2D eigenvalue weighted by Crippen LogP contribution is 2.27. The van der Waals surface area contributed by atoms with E-state index < -0.39 is 5.97 Å². The molecule has 1 aromatic carbocycles. The van der Waals surface area contributed by atoms with Crippen molar-refractivity contribution in [2.45, 2.75) is 18.9 Å². The quantitative estimate of drug-likeness (QED) is 0.900. The zero-order chi connectivity index (χ0) is 13.4. The minimum absolute atomic E-state index is 0.361. The summed E-state index contributed by atoms with van der Waals surface area (Å²) in [5, 5.41) is 10.2. The van der Waals surface area contributed by atoms with E-state index in [-0.39, 0.29) is 0 Å². The number of hydrogen-bond donors (Lipinski definition) is 1. The lowest BCUT2D eigenvalue weighted by Gasteiger charge is -2.30. The average molecular weight is 258 g/mol. The molecule has 1 N–H and O–H groups in total. The molecule has 100 valence electrons. The Morgan fingerprint density at radius 2 is 2.00 bits per heavy atom. The molecule has 1 aliphatic heterocycles. The summed E-state index contributed by atoms with van der Waals surface area (Å²) in [6.07, 6.45) is 4.33. The Balaban J connectivity index is 1.99. The number of rotatable bonds is 2. The van der Waals surface area contributed by atoms with Crippen LogP contribution >= 0.6 is 0 Å². The molecule has 0 amide bonds. The molecule has 0 bridgehead atoms. The third kappa shape index (κ3) is 2.24. The molecule has 3 rings (SSSR count). The van der Waals surface area contributed by atoms with Crippen LogP contribution in [0.25, 0.3) is 10.9 Å². The van der Waals surface area contributed by atoms with Crippen molar-refractivity contribution in [1.29, 1.82) is 0 Å². The number of benzene rings is 1. The smallest absolute Gasteiger partial charge is 0.335 e. The minimum atomic E-state index is -0.863. The van der Waals surface area contributed by atoms with Crippen molar-refractivity contribution < 1.29 is 9.90 Å². The van der Waals surface area contributed by atoms with Gasteiger partial charge in [-0.3, -0.25) is 0 Å². The molecular formula is C15H18N2O2. The van der Waals surface area contributed by atoms with Gasteiger partial charge in [0.2, 0.25) is 0 Å². The highest BCUT2D eigenvalue weighted by atomic mass is 16.4. The van der Waals surface area contributed by atoms with Gasteiger partial charge in [0, 0.05) is 17.8 Å². The van der Waals surface area contributed by atoms with Gasteiger partial charge in [0.15, 0.2) is 0 Å². The normalized spacial score (nSPS) is 17.9. The maximum atomic E-state index is 11.1. The summed E-state index contributed by atoms with van der Waals surface area (Å²) in [5.74, 6) is -0.863. The highest BCUT2D eigenvalue weighted by Gasteiger charge is 2.19. The SMILES string of the molecule is CN1CCC(n2ccc3ccc(C(=O)O)cc32)CC1. The van der Waals surface area contributed by atoms with Crippen molar-refractivity contribution in [3.05, 3.63) is 36.0 Å². The lowest BCUT2D eigenvalue weighted by atomic mass is 10.0. The van der Waals surface area contributed by atoms with Crippen molar-refractivity contribution in [3.63, 3.8) is 0 Å². The van der Waals surface area contributed by atoms with E-state index in [1.165, 1.54) is 0 Å². The van der Waals surface area contributed by atoms with Crippen LogP contribution in [0, 0.1) is 0 Å². The molecule has 2 aromatic rings. The van der Waals surface area contributed by atoms with Crippen LogP contribution in [0.4, 0.5) is 0 Å². The van der Waals surface area contributed by atoms with Gasteiger partial charge in [-0.25, -0.2) is 4.79 Å². The summed E-state index contributed by atoms with van der Waals surface area (Å²) in [6, 6.07) is 7.90. The fourth-order valence-corrected chi connectivity index (χ4v) is 2.87. The molecule has 0 unspecified atom stereocenters. The van der Waals surface area contributed by atoms with Crippen molar-refractivity contribution in [1.82, 2.24) is 9.47 Å². The summed E-state index contributed by atoms with van der Waals surface area (Å²) < 4.78 is 2.24. The van der Waals surface area contributed by atoms with E-state index >= 15 is 0 Å². The first-order chi connectivity index (χ1) is 9.15. The second kappa shape index (κ2) is 4.70. The van der Waals surface area contributed by atoms with Gasteiger partial charge in [0.05, 0.1) is 5.56 Å². The molecule has 19 heavy (non-hydrogen) atoms. The Kier molecular flexibility index (Phi) is 3.03.